The van der Waals surface area contributed by atoms with Gasteiger partial charge in [0.2, 0.25) is 0 Å². The highest BCUT2D eigenvalue weighted by molar-refractivity contribution is 5.67. The van der Waals surface area contributed by atoms with Crippen LogP contribution in [0.1, 0.15) is 0 Å². The van der Waals surface area contributed by atoms with Crippen LogP contribution in [0.3, 0.4) is 0 Å². The van der Waals surface area contributed by atoms with E-state index in [2.05, 4.69) is 5.32 Å². The van der Waals surface area contributed by atoms with Crippen LogP contribution in [0.5, 0.6) is 0 Å². The summed E-state index contributed by atoms with van der Waals surface area (Å²) >= 11 is 0. The summed E-state index contributed by atoms with van der Waals surface area (Å²) < 4.78 is 27.2. The second-order valence-electron chi connectivity index (χ2n) is 3.45. The van der Waals surface area contributed by atoms with Crippen molar-refractivity contribution in [3.63, 3.8) is 0 Å². The van der Waals surface area contributed by atoms with Gasteiger partial charge in [-0.3, -0.25) is 0 Å². The maximum atomic E-state index is 13.6. The molecule has 0 heterocycles. The fourth-order valence-electron chi connectivity index (χ4n) is 1.56. The lowest BCUT2D eigenvalue weighted by Crippen LogP contribution is -1.97. The van der Waals surface area contributed by atoms with Crippen molar-refractivity contribution in [2.24, 2.45) is 0 Å². The van der Waals surface area contributed by atoms with Crippen molar-refractivity contribution in [1.82, 2.24) is 0 Å². The van der Waals surface area contributed by atoms with Crippen molar-refractivity contribution < 1.29 is 8.78 Å². The molecular formula is C14H9F2N. The minimum atomic E-state index is -0.707. The molecule has 3 heteroatoms. The summed E-state index contributed by atoms with van der Waals surface area (Å²) in [6.45, 7) is 0. The Kier molecular flexibility index (Phi) is 3.06. The van der Waals surface area contributed by atoms with Crippen LogP contribution < -0.4 is 5.32 Å². The molecule has 0 fully saturated rings. The van der Waals surface area contributed by atoms with E-state index in [-0.39, 0.29) is 5.69 Å². The highest BCUT2D eigenvalue weighted by Gasteiger charge is 2.10. The van der Waals surface area contributed by atoms with E-state index in [0.717, 1.165) is 5.56 Å². The largest absolute Gasteiger partial charge is 0.310 e. The molecular weight excluding hydrogens is 220 g/mol. The van der Waals surface area contributed by atoms with E-state index in [9.17, 15) is 8.78 Å². The van der Waals surface area contributed by atoms with Crippen molar-refractivity contribution in [2.75, 3.05) is 5.32 Å². The van der Waals surface area contributed by atoms with Crippen LogP contribution in [0.4, 0.5) is 14.5 Å². The van der Waals surface area contributed by atoms with E-state index in [1.54, 1.807) is 24.3 Å². The molecule has 17 heavy (non-hydrogen) atoms. The molecule has 0 aliphatic rings. The van der Waals surface area contributed by atoms with Crippen LogP contribution in [-0.2, 0) is 0 Å². The summed E-state index contributed by atoms with van der Waals surface area (Å²) in [5.41, 5.74) is 0.924. The van der Waals surface area contributed by atoms with Crippen molar-refractivity contribution in [1.29, 1.82) is 0 Å². The number of rotatable bonds is 2. The topological polar surface area (TPSA) is 12.0 Å². The first-order valence-corrected chi connectivity index (χ1v) is 4.98. The van der Waals surface area contributed by atoms with Crippen LogP contribution in [0.2, 0.25) is 0 Å². The fraction of sp³-hybridized carbons (Fsp3) is 0. The van der Waals surface area contributed by atoms with Gasteiger partial charge in [0.1, 0.15) is 5.69 Å². The van der Waals surface area contributed by atoms with Gasteiger partial charge in [-0.05, 0) is 23.3 Å². The Morgan fingerprint density at radius 3 is 2.06 bits per heavy atom. The summed E-state index contributed by atoms with van der Waals surface area (Å²) in [7, 11) is 0. The molecule has 0 saturated heterocycles. The van der Waals surface area contributed by atoms with Gasteiger partial charge in [-0.2, -0.15) is 0 Å². The maximum Gasteiger partial charge on any atom is 0.150 e. The van der Waals surface area contributed by atoms with Gasteiger partial charge >= 0.3 is 0 Å². The van der Waals surface area contributed by atoms with Gasteiger partial charge in [-0.1, -0.05) is 36.8 Å². The number of benzene rings is 2. The molecule has 84 valence electrons. The van der Waals surface area contributed by atoms with Crippen LogP contribution in [0.25, 0.3) is 11.1 Å². The highest BCUT2D eigenvalue weighted by Crippen LogP contribution is 2.26. The number of halogens is 2. The van der Waals surface area contributed by atoms with Gasteiger partial charge in [-0.25, -0.2) is 8.78 Å². The fourth-order valence-corrected chi connectivity index (χ4v) is 1.56. The number of nitrogens with one attached hydrogen (secondary N) is 1. The molecule has 1 nitrogen and oxygen atoms in total. The molecule has 2 aromatic rings. The van der Waals surface area contributed by atoms with Crippen LogP contribution in [-0.4, -0.2) is 0 Å². The Labute approximate surface area is 98.1 Å². The Hall–Kier alpha value is -2.34. The molecule has 0 aliphatic carbocycles. The van der Waals surface area contributed by atoms with E-state index in [1.165, 1.54) is 12.1 Å². The third kappa shape index (κ3) is 2.26. The molecule has 0 atom stereocenters. The van der Waals surface area contributed by atoms with E-state index < -0.39 is 11.6 Å². The Bertz CT molecular complexity index is 548. The number of terminal acetylenes is 1. The molecule has 0 amide bonds. The zero-order valence-electron chi connectivity index (χ0n) is 8.87. The number of anilines is 1. The lowest BCUT2D eigenvalue weighted by molar-refractivity contribution is 0.592. The van der Waals surface area contributed by atoms with Crippen LogP contribution in [0.15, 0.2) is 42.5 Å². The average Bonchev–Trinajstić information content (AvgIpc) is 2.35. The van der Waals surface area contributed by atoms with E-state index in [0.29, 0.717) is 5.56 Å². The highest BCUT2D eigenvalue weighted by atomic mass is 19.1. The molecule has 2 rings (SSSR count). The first-order chi connectivity index (χ1) is 8.22. The zero-order chi connectivity index (χ0) is 12.3. The standard InChI is InChI=1S/C14H9F2N/c1-2-17-14-12(15)8-11(9-13(14)16)10-6-4-3-5-7-10/h1,3-9,17H. The molecule has 1 N–H and O–H groups in total. The summed E-state index contributed by atoms with van der Waals surface area (Å²) in [6, 6.07) is 13.5. The van der Waals surface area contributed by atoms with Gasteiger partial charge in [0.15, 0.2) is 11.6 Å². The third-order valence-electron chi connectivity index (χ3n) is 2.35. The molecule has 0 radical (unpaired) electrons. The summed E-state index contributed by atoms with van der Waals surface area (Å²) in [4.78, 5) is 0. The first kappa shape index (κ1) is 11.2. The molecule has 0 unspecified atom stereocenters. The van der Waals surface area contributed by atoms with E-state index in [1.807, 2.05) is 12.1 Å². The minimum absolute atomic E-state index is 0.299. The van der Waals surface area contributed by atoms with Gasteiger partial charge in [0.25, 0.3) is 0 Å². The lowest BCUT2D eigenvalue weighted by atomic mass is 10.0. The normalized spacial score (nSPS) is 9.71. The predicted octanol–water partition coefficient (Wildman–Crippen LogP) is 3.63. The summed E-state index contributed by atoms with van der Waals surface area (Å²) in [5, 5.41) is 2.20. The average molecular weight is 229 g/mol. The molecule has 0 spiro atoms. The first-order valence-electron chi connectivity index (χ1n) is 4.98. The van der Waals surface area contributed by atoms with Crippen molar-refractivity contribution in [3.05, 3.63) is 54.1 Å². The maximum absolute atomic E-state index is 13.6. The minimum Gasteiger partial charge on any atom is -0.310 e. The van der Waals surface area contributed by atoms with Crippen LogP contribution in [0, 0.1) is 24.1 Å². The van der Waals surface area contributed by atoms with Crippen LogP contribution >= 0.6 is 0 Å². The van der Waals surface area contributed by atoms with E-state index >= 15 is 0 Å². The second kappa shape index (κ2) is 4.67. The van der Waals surface area contributed by atoms with Crippen molar-refractivity contribution >= 4 is 5.69 Å². The van der Waals surface area contributed by atoms with Gasteiger partial charge in [0.05, 0.1) is 0 Å². The van der Waals surface area contributed by atoms with Crippen molar-refractivity contribution in [2.45, 2.75) is 0 Å². The Morgan fingerprint density at radius 1 is 0.941 bits per heavy atom. The zero-order valence-corrected chi connectivity index (χ0v) is 8.87. The molecule has 2 aromatic carbocycles. The summed E-state index contributed by atoms with van der Waals surface area (Å²) in [6.07, 6.45) is 4.95. The number of hydrogen-bond donors (Lipinski definition) is 1. The van der Waals surface area contributed by atoms with Gasteiger partial charge in [0, 0.05) is 6.04 Å². The Balaban J connectivity index is 2.50. The predicted molar refractivity (Wildman–Crippen MR) is 64.2 cm³/mol. The molecule has 0 saturated carbocycles. The lowest BCUT2D eigenvalue weighted by Gasteiger charge is -2.07. The van der Waals surface area contributed by atoms with Gasteiger partial charge < -0.3 is 5.32 Å². The SMILES string of the molecule is C#CNc1c(F)cc(-c2ccccc2)cc1F. The van der Waals surface area contributed by atoms with Crippen molar-refractivity contribution in [3.8, 4) is 23.6 Å². The molecule has 0 aliphatic heterocycles. The molecule has 0 bridgehead atoms. The summed E-state index contributed by atoms with van der Waals surface area (Å²) in [5.74, 6) is -1.41. The second-order valence-corrected chi connectivity index (χ2v) is 3.45. The monoisotopic (exact) mass is 229 g/mol. The molecule has 0 aromatic heterocycles. The third-order valence-corrected chi connectivity index (χ3v) is 2.35. The quantitative estimate of drug-likeness (QED) is 0.612. The smallest absolute Gasteiger partial charge is 0.150 e. The van der Waals surface area contributed by atoms with Gasteiger partial charge in [-0.15, -0.1) is 0 Å². The Morgan fingerprint density at radius 2 is 1.53 bits per heavy atom. The number of hydrogen-bond acceptors (Lipinski definition) is 1. The van der Waals surface area contributed by atoms with E-state index in [4.69, 9.17) is 6.42 Å².